The third-order valence-corrected chi connectivity index (χ3v) is 5.71. The van der Waals surface area contributed by atoms with Gasteiger partial charge in [0.25, 0.3) is 0 Å². The van der Waals surface area contributed by atoms with Gasteiger partial charge in [-0.1, -0.05) is 0 Å². The highest BCUT2D eigenvalue weighted by Gasteiger charge is 2.59. The smallest absolute Gasteiger partial charge is 0.307 e. The lowest BCUT2D eigenvalue weighted by molar-refractivity contribution is -0.140. The number of amides is 1. The van der Waals surface area contributed by atoms with Crippen molar-refractivity contribution in [1.82, 2.24) is 4.90 Å². The molecule has 3 aliphatic rings. The van der Waals surface area contributed by atoms with Crippen molar-refractivity contribution in [3.63, 3.8) is 0 Å². The summed E-state index contributed by atoms with van der Waals surface area (Å²) in [6, 6.07) is 0. The van der Waals surface area contributed by atoms with Crippen molar-refractivity contribution in [2.75, 3.05) is 26.3 Å². The Morgan fingerprint density at radius 3 is 2.43 bits per heavy atom. The van der Waals surface area contributed by atoms with E-state index in [9.17, 15) is 9.59 Å². The number of carbonyl (C=O) groups excluding carboxylic acids is 1. The zero-order valence-electron chi connectivity index (χ0n) is 12.6. The van der Waals surface area contributed by atoms with Crippen LogP contribution in [0.4, 0.5) is 0 Å². The minimum Gasteiger partial charge on any atom is -0.481 e. The van der Waals surface area contributed by atoms with E-state index in [2.05, 4.69) is 0 Å². The summed E-state index contributed by atoms with van der Waals surface area (Å²) in [6.45, 7) is 3.16. The van der Waals surface area contributed by atoms with Gasteiger partial charge in [0.15, 0.2) is 0 Å². The van der Waals surface area contributed by atoms with E-state index in [1.807, 2.05) is 4.90 Å². The van der Waals surface area contributed by atoms with E-state index in [-0.39, 0.29) is 17.2 Å². The van der Waals surface area contributed by atoms with Gasteiger partial charge in [-0.05, 0) is 49.9 Å². The second-order valence-electron chi connectivity index (χ2n) is 6.93. The maximum absolute atomic E-state index is 12.3. The van der Waals surface area contributed by atoms with Crippen LogP contribution in [0.25, 0.3) is 0 Å². The van der Waals surface area contributed by atoms with Crippen molar-refractivity contribution in [2.24, 2.45) is 17.3 Å². The first kappa shape index (κ1) is 14.8. The molecule has 0 aromatic rings. The Bertz CT molecular complexity index is 409. The van der Waals surface area contributed by atoms with Crippen molar-refractivity contribution < 1.29 is 19.4 Å². The molecule has 1 unspecified atom stereocenters. The molecule has 3 rings (SSSR count). The molecule has 21 heavy (non-hydrogen) atoms. The molecular weight excluding hydrogens is 270 g/mol. The molecule has 0 bridgehead atoms. The van der Waals surface area contributed by atoms with Gasteiger partial charge in [-0.3, -0.25) is 9.59 Å². The van der Waals surface area contributed by atoms with Gasteiger partial charge < -0.3 is 14.7 Å². The number of carbonyl (C=O) groups is 2. The number of hydrogen-bond acceptors (Lipinski definition) is 3. The summed E-state index contributed by atoms with van der Waals surface area (Å²) in [5.74, 6) is 0.0776. The van der Waals surface area contributed by atoms with E-state index < -0.39 is 5.97 Å². The topological polar surface area (TPSA) is 66.8 Å². The molecule has 2 heterocycles. The first-order chi connectivity index (χ1) is 10.1. The molecule has 5 nitrogen and oxygen atoms in total. The van der Waals surface area contributed by atoms with Crippen molar-refractivity contribution in [2.45, 2.75) is 44.9 Å². The van der Waals surface area contributed by atoms with Gasteiger partial charge in [-0.15, -0.1) is 0 Å². The van der Waals surface area contributed by atoms with Crippen LogP contribution in [-0.4, -0.2) is 48.2 Å². The SMILES string of the molecule is O=C(O)C1CC12CCN(C(=O)CCC1CCOCC1)CC2. The average molecular weight is 295 g/mol. The number of hydrogen-bond donors (Lipinski definition) is 1. The van der Waals surface area contributed by atoms with Crippen LogP contribution in [0.5, 0.6) is 0 Å². The largest absolute Gasteiger partial charge is 0.481 e. The van der Waals surface area contributed by atoms with Gasteiger partial charge in [0.05, 0.1) is 5.92 Å². The fourth-order valence-electron chi connectivity index (χ4n) is 3.97. The molecule has 3 fully saturated rings. The van der Waals surface area contributed by atoms with Gasteiger partial charge in [-0.25, -0.2) is 0 Å². The van der Waals surface area contributed by atoms with Crippen LogP contribution in [0.1, 0.15) is 44.9 Å². The maximum Gasteiger partial charge on any atom is 0.307 e. The Morgan fingerprint density at radius 1 is 1.19 bits per heavy atom. The average Bonchev–Trinajstić information content (AvgIpc) is 3.21. The summed E-state index contributed by atoms with van der Waals surface area (Å²) < 4.78 is 5.34. The lowest BCUT2D eigenvalue weighted by atomic mass is 9.90. The Morgan fingerprint density at radius 2 is 1.86 bits per heavy atom. The van der Waals surface area contributed by atoms with Crippen molar-refractivity contribution in [1.29, 1.82) is 0 Å². The predicted molar refractivity (Wildman–Crippen MR) is 76.8 cm³/mol. The number of piperidine rings is 1. The first-order valence-corrected chi connectivity index (χ1v) is 8.19. The van der Waals surface area contributed by atoms with Crippen LogP contribution < -0.4 is 0 Å². The third-order valence-electron chi connectivity index (χ3n) is 5.71. The fraction of sp³-hybridized carbons (Fsp3) is 0.875. The van der Waals surface area contributed by atoms with Crippen LogP contribution in [0, 0.1) is 17.3 Å². The highest BCUT2D eigenvalue weighted by molar-refractivity contribution is 5.77. The second kappa shape index (κ2) is 5.95. The van der Waals surface area contributed by atoms with Crippen LogP contribution in [0.2, 0.25) is 0 Å². The lowest BCUT2D eigenvalue weighted by Gasteiger charge is -2.33. The van der Waals surface area contributed by atoms with Crippen LogP contribution in [0.3, 0.4) is 0 Å². The molecule has 1 atom stereocenters. The molecule has 1 saturated carbocycles. The van der Waals surface area contributed by atoms with Gasteiger partial charge >= 0.3 is 5.97 Å². The lowest BCUT2D eigenvalue weighted by Crippen LogP contribution is -2.40. The number of rotatable bonds is 4. The Balaban J connectivity index is 1.40. The van der Waals surface area contributed by atoms with Gasteiger partial charge in [-0.2, -0.15) is 0 Å². The summed E-state index contributed by atoms with van der Waals surface area (Å²) in [4.78, 5) is 25.2. The molecule has 1 amide bonds. The minimum absolute atomic E-state index is 0.0172. The summed E-state index contributed by atoms with van der Waals surface area (Å²) >= 11 is 0. The predicted octanol–water partition coefficient (Wildman–Crippen LogP) is 1.91. The fourth-order valence-corrected chi connectivity index (χ4v) is 3.97. The maximum atomic E-state index is 12.3. The number of likely N-dealkylation sites (tertiary alicyclic amines) is 1. The van der Waals surface area contributed by atoms with E-state index in [1.165, 1.54) is 0 Å². The van der Waals surface area contributed by atoms with Crippen LogP contribution in [0.15, 0.2) is 0 Å². The van der Waals surface area contributed by atoms with Crippen molar-refractivity contribution >= 4 is 11.9 Å². The molecule has 2 saturated heterocycles. The molecule has 2 aliphatic heterocycles. The van der Waals surface area contributed by atoms with E-state index in [0.717, 1.165) is 64.8 Å². The standard InChI is InChI=1S/C16H25NO4/c18-14(2-1-12-3-9-21-10-4-12)17-7-5-16(6-8-17)11-13(16)15(19)20/h12-13H,1-11H2,(H,19,20). The third kappa shape index (κ3) is 3.23. The summed E-state index contributed by atoms with van der Waals surface area (Å²) in [6.07, 6.45) is 6.32. The highest BCUT2D eigenvalue weighted by atomic mass is 16.5. The molecule has 5 heteroatoms. The monoisotopic (exact) mass is 295 g/mol. The summed E-state index contributed by atoms with van der Waals surface area (Å²) in [5.41, 5.74) is 0.0172. The van der Waals surface area contributed by atoms with Crippen molar-refractivity contribution in [3.05, 3.63) is 0 Å². The van der Waals surface area contributed by atoms with Crippen molar-refractivity contribution in [3.8, 4) is 0 Å². The zero-order valence-corrected chi connectivity index (χ0v) is 12.6. The normalized spacial score (nSPS) is 28.6. The zero-order chi connectivity index (χ0) is 14.9. The Hall–Kier alpha value is -1.10. The Kier molecular flexibility index (Phi) is 4.20. The molecule has 0 aromatic carbocycles. The second-order valence-corrected chi connectivity index (χ2v) is 6.93. The number of nitrogens with zero attached hydrogens (tertiary/aromatic N) is 1. The minimum atomic E-state index is -0.658. The number of carboxylic acid groups (broad SMARTS) is 1. The highest BCUT2D eigenvalue weighted by Crippen LogP contribution is 2.59. The van der Waals surface area contributed by atoms with Crippen LogP contribution >= 0.6 is 0 Å². The molecule has 0 radical (unpaired) electrons. The molecule has 1 N–H and O–H groups in total. The number of carboxylic acids is 1. The van der Waals surface area contributed by atoms with E-state index in [4.69, 9.17) is 9.84 Å². The summed E-state index contributed by atoms with van der Waals surface area (Å²) in [7, 11) is 0. The molecular formula is C16H25NO4. The molecule has 1 spiro atoms. The van der Waals surface area contributed by atoms with Gasteiger partial charge in [0.2, 0.25) is 5.91 Å². The molecule has 118 valence electrons. The van der Waals surface area contributed by atoms with E-state index in [1.54, 1.807) is 0 Å². The quantitative estimate of drug-likeness (QED) is 0.860. The summed E-state index contributed by atoms with van der Waals surface area (Å²) in [5, 5.41) is 9.08. The molecule has 1 aliphatic carbocycles. The van der Waals surface area contributed by atoms with Crippen LogP contribution in [-0.2, 0) is 14.3 Å². The number of ether oxygens (including phenoxy) is 1. The van der Waals surface area contributed by atoms with E-state index >= 15 is 0 Å². The first-order valence-electron chi connectivity index (χ1n) is 8.19. The van der Waals surface area contributed by atoms with Gasteiger partial charge in [0.1, 0.15) is 0 Å². The van der Waals surface area contributed by atoms with Gasteiger partial charge in [0, 0.05) is 32.7 Å². The molecule has 0 aromatic heterocycles. The van der Waals surface area contributed by atoms with E-state index in [0.29, 0.717) is 12.3 Å². The Labute approximate surface area is 125 Å². The number of aliphatic carboxylic acids is 1.